The monoisotopic (exact) mass is 330 g/mol. The van der Waals surface area contributed by atoms with E-state index in [0.29, 0.717) is 0 Å². The van der Waals surface area contributed by atoms with Gasteiger partial charge in [-0.15, -0.1) is 0 Å². The van der Waals surface area contributed by atoms with E-state index < -0.39 is 0 Å². The van der Waals surface area contributed by atoms with Crippen LogP contribution in [0.15, 0.2) is 42.5 Å². The van der Waals surface area contributed by atoms with Crippen molar-refractivity contribution in [1.82, 2.24) is 5.32 Å². The Bertz CT molecular complexity index is 642. The van der Waals surface area contributed by atoms with Gasteiger partial charge in [0.15, 0.2) is 0 Å². The Morgan fingerprint density at radius 3 is 2.78 bits per heavy atom. The summed E-state index contributed by atoms with van der Waals surface area (Å²) in [6.07, 6.45) is 2.35. The molecule has 0 radical (unpaired) electrons. The second kappa shape index (κ2) is 7.82. The van der Waals surface area contributed by atoms with Crippen LogP contribution in [0, 0.1) is 0 Å². The van der Waals surface area contributed by atoms with Gasteiger partial charge in [-0.3, -0.25) is 0 Å². The Hall–Kier alpha value is -1.55. The first kappa shape index (κ1) is 16.3. The highest BCUT2D eigenvalue weighted by molar-refractivity contribution is 6.30. The number of anilines is 1. The summed E-state index contributed by atoms with van der Waals surface area (Å²) in [6, 6.07) is 14.2. The molecule has 2 aromatic carbocycles. The highest BCUT2D eigenvalue weighted by atomic mass is 35.5. The average Bonchev–Trinajstić information content (AvgIpc) is 2.60. The lowest BCUT2D eigenvalue weighted by atomic mass is 9.98. The van der Waals surface area contributed by atoms with Gasteiger partial charge in [0.2, 0.25) is 0 Å². The van der Waals surface area contributed by atoms with E-state index in [1.54, 1.807) is 0 Å². The summed E-state index contributed by atoms with van der Waals surface area (Å²) in [6.45, 7) is 2.72. The van der Waals surface area contributed by atoms with Gasteiger partial charge in [0.25, 0.3) is 0 Å². The molecule has 0 amide bonds. The van der Waals surface area contributed by atoms with Gasteiger partial charge in [-0.1, -0.05) is 41.9 Å². The number of benzene rings is 2. The zero-order valence-corrected chi connectivity index (χ0v) is 13.9. The Balaban J connectivity index is 1.61. The second-order valence-corrected chi connectivity index (χ2v) is 6.48. The summed E-state index contributed by atoms with van der Waals surface area (Å²) in [5.74, 6) is 0.0831. The largest absolute Gasteiger partial charge is 0.396 e. The van der Waals surface area contributed by atoms with Gasteiger partial charge in [-0.05, 0) is 41.7 Å². The minimum absolute atomic E-state index is 0.0831. The first-order valence-electron chi connectivity index (χ1n) is 8.19. The normalized spacial score (nSPS) is 14.9. The SMILES string of the molecule is OCC(CNCc1cccc2c1NCCC2)c1ccc(Cl)cc1. The minimum atomic E-state index is 0.0831. The summed E-state index contributed by atoms with van der Waals surface area (Å²) >= 11 is 5.93. The molecule has 1 aliphatic rings. The van der Waals surface area contributed by atoms with Gasteiger partial charge in [0.05, 0.1) is 6.61 Å². The lowest BCUT2D eigenvalue weighted by molar-refractivity contribution is 0.261. The third kappa shape index (κ3) is 4.05. The van der Waals surface area contributed by atoms with Crippen molar-refractivity contribution in [2.45, 2.75) is 25.3 Å². The third-order valence-electron chi connectivity index (χ3n) is 4.43. The van der Waals surface area contributed by atoms with Crippen molar-refractivity contribution in [3.8, 4) is 0 Å². The lowest BCUT2D eigenvalue weighted by Gasteiger charge is -2.22. The molecule has 3 rings (SSSR count). The Morgan fingerprint density at radius 2 is 2.00 bits per heavy atom. The molecule has 0 aliphatic carbocycles. The van der Waals surface area contributed by atoms with E-state index in [1.165, 1.54) is 23.2 Å². The maximum Gasteiger partial charge on any atom is 0.0511 e. The van der Waals surface area contributed by atoms with Crippen LogP contribution in [0.3, 0.4) is 0 Å². The quantitative estimate of drug-likeness (QED) is 0.758. The minimum Gasteiger partial charge on any atom is -0.396 e. The predicted molar refractivity (Wildman–Crippen MR) is 96.2 cm³/mol. The van der Waals surface area contributed by atoms with E-state index in [9.17, 15) is 5.11 Å². The number of aliphatic hydroxyl groups is 1. The molecule has 1 unspecified atom stereocenters. The molecule has 0 fully saturated rings. The van der Waals surface area contributed by atoms with Crippen LogP contribution in [0.1, 0.15) is 29.0 Å². The molecule has 0 saturated heterocycles. The van der Waals surface area contributed by atoms with Gasteiger partial charge in [0.1, 0.15) is 0 Å². The number of fused-ring (bicyclic) bond motifs is 1. The molecular weight excluding hydrogens is 308 g/mol. The molecule has 0 bridgehead atoms. The van der Waals surface area contributed by atoms with Crippen LogP contribution in [0.2, 0.25) is 5.02 Å². The van der Waals surface area contributed by atoms with Crippen molar-refractivity contribution >= 4 is 17.3 Å². The van der Waals surface area contributed by atoms with E-state index in [0.717, 1.165) is 36.6 Å². The van der Waals surface area contributed by atoms with Crippen LogP contribution in [0.5, 0.6) is 0 Å². The van der Waals surface area contributed by atoms with Crippen molar-refractivity contribution in [2.75, 3.05) is 25.0 Å². The lowest BCUT2D eigenvalue weighted by Crippen LogP contribution is -2.24. The fourth-order valence-electron chi connectivity index (χ4n) is 3.13. The van der Waals surface area contributed by atoms with Crippen LogP contribution in [-0.4, -0.2) is 24.8 Å². The Morgan fingerprint density at radius 1 is 1.17 bits per heavy atom. The Labute approximate surface area is 142 Å². The van der Waals surface area contributed by atoms with Crippen molar-refractivity contribution in [1.29, 1.82) is 0 Å². The first-order valence-corrected chi connectivity index (χ1v) is 8.57. The zero-order valence-electron chi connectivity index (χ0n) is 13.2. The van der Waals surface area contributed by atoms with Crippen molar-refractivity contribution in [3.63, 3.8) is 0 Å². The number of para-hydroxylation sites is 1. The van der Waals surface area contributed by atoms with Crippen LogP contribution in [0.25, 0.3) is 0 Å². The van der Waals surface area contributed by atoms with Gasteiger partial charge in [-0.25, -0.2) is 0 Å². The van der Waals surface area contributed by atoms with Crippen LogP contribution in [-0.2, 0) is 13.0 Å². The molecule has 3 N–H and O–H groups in total. The molecule has 0 aromatic heterocycles. The Kier molecular flexibility index (Phi) is 5.55. The summed E-state index contributed by atoms with van der Waals surface area (Å²) in [5.41, 5.74) is 5.11. The number of hydrogen-bond acceptors (Lipinski definition) is 3. The number of hydrogen-bond donors (Lipinski definition) is 3. The highest BCUT2D eigenvalue weighted by Gasteiger charge is 2.13. The summed E-state index contributed by atoms with van der Waals surface area (Å²) in [5, 5.41) is 17.4. The van der Waals surface area contributed by atoms with E-state index >= 15 is 0 Å². The molecule has 1 aliphatic heterocycles. The van der Waals surface area contributed by atoms with Crippen molar-refractivity contribution in [3.05, 3.63) is 64.2 Å². The van der Waals surface area contributed by atoms with Gasteiger partial charge >= 0.3 is 0 Å². The molecule has 1 atom stereocenters. The van der Waals surface area contributed by atoms with Crippen LogP contribution < -0.4 is 10.6 Å². The molecule has 1 heterocycles. The molecule has 23 heavy (non-hydrogen) atoms. The summed E-state index contributed by atoms with van der Waals surface area (Å²) in [7, 11) is 0. The smallest absolute Gasteiger partial charge is 0.0511 e. The predicted octanol–water partition coefficient (Wildman–Crippen LogP) is 3.56. The fraction of sp³-hybridized carbons (Fsp3) is 0.368. The zero-order chi connectivity index (χ0) is 16.1. The fourth-order valence-corrected chi connectivity index (χ4v) is 3.26. The topological polar surface area (TPSA) is 44.3 Å². The standard InChI is InChI=1S/C19H23ClN2O/c20-18-8-6-14(7-9-18)17(13-23)12-21-11-16-4-1-3-15-5-2-10-22-19(15)16/h1,3-4,6-9,17,21-23H,2,5,10-13H2. The van der Waals surface area contributed by atoms with E-state index in [4.69, 9.17) is 11.6 Å². The number of halogens is 1. The highest BCUT2D eigenvalue weighted by Crippen LogP contribution is 2.26. The molecule has 0 saturated carbocycles. The molecular formula is C19H23ClN2O. The van der Waals surface area contributed by atoms with E-state index in [2.05, 4.69) is 28.8 Å². The van der Waals surface area contributed by atoms with Gasteiger partial charge in [0, 0.05) is 36.3 Å². The van der Waals surface area contributed by atoms with E-state index in [-0.39, 0.29) is 12.5 Å². The maximum atomic E-state index is 9.65. The number of aryl methyl sites for hydroxylation is 1. The van der Waals surface area contributed by atoms with Crippen molar-refractivity contribution in [2.24, 2.45) is 0 Å². The first-order chi connectivity index (χ1) is 11.3. The third-order valence-corrected chi connectivity index (χ3v) is 4.68. The number of aliphatic hydroxyl groups excluding tert-OH is 1. The summed E-state index contributed by atoms with van der Waals surface area (Å²) < 4.78 is 0. The average molecular weight is 331 g/mol. The maximum absolute atomic E-state index is 9.65. The molecule has 4 heteroatoms. The van der Waals surface area contributed by atoms with Gasteiger partial charge in [-0.2, -0.15) is 0 Å². The van der Waals surface area contributed by atoms with Crippen molar-refractivity contribution < 1.29 is 5.11 Å². The number of nitrogens with one attached hydrogen (secondary N) is 2. The number of rotatable bonds is 6. The molecule has 2 aromatic rings. The van der Waals surface area contributed by atoms with Crippen LogP contribution in [0.4, 0.5) is 5.69 Å². The van der Waals surface area contributed by atoms with Crippen LogP contribution >= 0.6 is 11.6 Å². The molecule has 3 nitrogen and oxygen atoms in total. The molecule has 0 spiro atoms. The molecule has 122 valence electrons. The van der Waals surface area contributed by atoms with Gasteiger partial charge < -0.3 is 15.7 Å². The van der Waals surface area contributed by atoms with E-state index in [1.807, 2.05) is 24.3 Å². The second-order valence-electron chi connectivity index (χ2n) is 6.04. The summed E-state index contributed by atoms with van der Waals surface area (Å²) in [4.78, 5) is 0.